The lowest BCUT2D eigenvalue weighted by Crippen LogP contribution is -2.30. The van der Waals surface area contributed by atoms with Crippen LogP contribution in [0.25, 0.3) is 6.08 Å². The van der Waals surface area contributed by atoms with Crippen LogP contribution < -0.4 is 11.3 Å². The fraction of sp³-hybridized carbons (Fsp3) is 0.368. The SMILES string of the molecule is CC(C)(C)OC(=O)n1c(Cn2cccc(N)c2=O)cc2c1CCC=C2. The number of anilines is 1. The van der Waals surface area contributed by atoms with Crippen molar-refractivity contribution in [3.05, 3.63) is 57.8 Å². The van der Waals surface area contributed by atoms with Crippen LogP contribution in [0.1, 0.15) is 44.1 Å². The summed E-state index contributed by atoms with van der Waals surface area (Å²) in [6.07, 6.45) is 6.97. The summed E-state index contributed by atoms with van der Waals surface area (Å²) in [5.41, 5.74) is 7.65. The molecule has 2 aromatic rings. The fourth-order valence-electron chi connectivity index (χ4n) is 2.97. The summed E-state index contributed by atoms with van der Waals surface area (Å²) in [7, 11) is 0. The number of carbonyl (C=O) groups is 1. The maximum absolute atomic E-state index is 12.8. The van der Waals surface area contributed by atoms with Gasteiger partial charge in [0.15, 0.2) is 0 Å². The average molecular weight is 341 g/mol. The third-order valence-corrected chi connectivity index (χ3v) is 4.02. The second kappa shape index (κ2) is 6.27. The van der Waals surface area contributed by atoms with Crippen molar-refractivity contribution >= 4 is 17.9 Å². The third kappa shape index (κ3) is 3.52. The van der Waals surface area contributed by atoms with Crippen molar-refractivity contribution in [1.82, 2.24) is 9.13 Å². The van der Waals surface area contributed by atoms with Crippen LogP contribution in [0, 0.1) is 0 Å². The summed E-state index contributed by atoms with van der Waals surface area (Å²) >= 11 is 0. The van der Waals surface area contributed by atoms with Gasteiger partial charge in [-0.05, 0) is 57.4 Å². The first-order valence-electron chi connectivity index (χ1n) is 8.34. The molecule has 6 nitrogen and oxygen atoms in total. The molecule has 6 heteroatoms. The molecule has 2 N–H and O–H groups in total. The fourth-order valence-corrected chi connectivity index (χ4v) is 2.97. The van der Waals surface area contributed by atoms with Crippen LogP contribution in [0.2, 0.25) is 0 Å². The van der Waals surface area contributed by atoms with Crippen LogP contribution in [0.5, 0.6) is 0 Å². The molecule has 0 saturated carbocycles. The van der Waals surface area contributed by atoms with Crippen LogP contribution >= 0.6 is 0 Å². The molecule has 0 spiro atoms. The first kappa shape index (κ1) is 17.1. The molecule has 2 aromatic heterocycles. The average Bonchev–Trinajstić information content (AvgIpc) is 2.88. The summed E-state index contributed by atoms with van der Waals surface area (Å²) in [5, 5.41) is 0. The number of aromatic nitrogens is 2. The molecule has 0 fully saturated rings. The van der Waals surface area contributed by atoms with E-state index in [9.17, 15) is 9.59 Å². The van der Waals surface area contributed by atoms with Crippen LogP contribution in [0.3, 0.4) is 0 Å². The first-order chi connectivity index (χ1) is 11.8. The van der Waals surface area contributed by atoms with Crippen molar-refractivity contribution in [3.63, 3.8) is 0 Å². The lowest BCUT2D eigenvalue weighted by molar-refractivity contribution is 0.0528. The molecule has 0 saturated heterocycles. The van der Waals surface area contributed by atoms with Gasteiger partial charge in [0.25, 0.3) is 5.56 Å². The van der Waals surface area contributed by atoms with Crippen molar-refractivity contribution in [2.75, 3.05) is 5.73 Å². The molecule has 1 aliphatic carbocycles. The summed E-state index contributed by atoms with van der Waals surface area (Å²) < 4.78 is 8.67. The van der Waals surface area contributed by atoms with Gasteiger partial charge in [-0.25, -0.2) is 4.79 Å². The van der Waals surface area contributed by atoms with E-state index in [-0.39, 0.29) is 17.8 Å². The van der Waals surface area contributed by atoms with Crippen LogP contribution in [-0.4, -0.2) is 20.8 Å². The molecule has 25 heavy (non-hydrogen) atoms. The minimum absolute atomic E-state index is 0.183. The number of fused-ring (bicyclic) bond motifs is 1. The van der Waals surface area contributed by atoms with Gasteiger partial charge < -0.3 is 15.0 Å². The van der Waals surface area contributed by atoms with Gasteiger partial charge in [-0.15, -0.1) is 0 Å². The van der Waals surface area contributed by atoms with Gasteiger partial charge in [-0.3, -0.25) is 9.36 Å². The van der Waals surface area contributed by atoms with Gasteiger partial charge in [-0.1, -0.05) is 12.2 Å². The summed E-state index contributed by atoms with van der Waals surface area (Å²) in [4.78, 5) is 25.0. The van der Waals surface area contributed by atoms with Gasteiger partial charge in [0.05, 0.1) is 12.2 Å². The Labute approximate surface area is 146 Å². The zero-order valence-electron chi connectivity index (χ0n) is 14.8. The summed E-state index contributed by atoms with van der Waals surface area (Å²) in [6.45, 7) is 5.76. The zero-order chi connectivity index (χ0) is 18.2. The predicted molar refractivity (Wildman–Crippen MR) is 97.6 cm³/mol. The zero-order valence-corrected chi connectivity index (χ0v) is 14.8. The molecule has 0 amide bonds. The van der Waals surface area contributed by atoms with Crippen molar-refractivity contribution in [2.24, 2.45) is 0 Å². The van der Waals surface area contributed by atoms with Gasteiger partial charge >= 0.3 is 6.09 Å². The number of hydrogen-bond donors (Lipinski definition) is 1. The van der Waals surface area contributed by atoms with Gasteiger partial charge in [-0.2, -0.15) is 0 Å². The summed E-state index contributed by atoms with van der Waals surface area (Å²) in [5.74, 6) is 0. The van der Waals surface area contributed by atoms with Crippen molar-refractivity contribution in [1.29, 1.82) is 0 Å². The van der Waals surface area contributed by atoms with Gasteiger partial charge in [0.2, 0.25) is 0 Å². The lowest BCUT2D eigenvalue weighted by atomic mass is 10.1. The molecule has 3 rings (SSSR count). The minimum Gasteiger partial charge on any atom is -0.443 e. The molecule has 0 unspecified atom stereocenters. The molecular formula is C19H23N3O3. The number of pyridine rings is 1. The van der Waals surface area contributed by atoms with E-state index in [0.717, 1.165) is 24.1 Å². The maximum atomic E-state index is 12.8. The Kier molecular flexibility index (Phi) is 4.29. The Morgan fingerprint density at radius 2 is 2.12 bits per heavy atom. The number of nitrogens with zero attached hydrogens (tertiary/aromatic N) is 2. The predicted octanol–water partition coefficient (Wildman–Crippen LogP) is 3.02. The monoisotopic (exact) mass is 341 g/mol. The molecular weight excluding hydrogens is 318 g/mol. The first-order valence-corrected chi connectivity index (χ1v) is 8.34. The van der Waals surface area contributed by atoms with E-state index in [1.165, 1.54) is 4.57 Å². The highest BCUT2D eigenvalue weighted by Gasteiger charge is 2.25. The van der Waals surface area contributed by atoms with Crippen molar-refractivity contribution < 1.29 is 9.53 Å². The second-order valence-corrected chi connectivity index (χ2v) is 7.19. The van der Waals surface area contributed by atoms with Crippen molar-refractivity contribution in [3.8, 4) is 0 Å². The smallest absolute Gasteiger partial charge is 0.419 e. The Morgan fingerprint density at radius 3 is 2.84 bits per heavy atom. The summed E-state index contributed by atoms with van der Waals surface area (Å²) in [6, 6.07) is 5.22. The van der Waals surface area contributed by atoms with Crippen LogP contribution in [0.4, 0.5) is 10.5 Å². The molecule has 2 heterocycles. The largest absolute Gasteiger partial charge is 0.443 e. The highest BCUT2D eigenvalue weighted by molar-refractivity contribution is 5.76. The number of nitrogens with two attached hydrogens (primary N) is 1. The maximum Gasteiger partial charge on any atom is 0.419 e. The molecule has 0 atom stereocenters. The minimum atomic E-state index is -0.593. The van der Waals surface area contributed by atoms with E-state index >= 15 is 0 Å². The third-order valence-electron chi connectivity index (χ3n) is 4.02. The van der Waals surface area contributed by atoms with Crippen LogP contribution in [0.15, 0.2) is 35.3 Å². The molecule has 0 aromatic carbocycles. The Hall–Kier alpha value is -2.76. The van der Waals surface area contributed by atoms with E-state index in [1.54, 1.807) is 22.9 Å². The lowest BCUT2D eigenvalue weighted by Gasteiger charge is -2.22. The highest BCUT2D eigenvalue weighted by Crippen LogP contribution is 2.25. The number of nitrogen functional groups attached to an aromatic ring is 1. The van der Waals surface area contributed by atoms with E-state index < -0.39 is 11.7 Å². The van der Waals surface area contributed by atoms with Gasteiger partial charge in [0, 0.05) is 17.6 Å². The number of carbonyl (C=O) groups excluding carboxylic acids is 1. The molecule has 132 valence electrons. The topological polar surface area (TPSA) is 79.2 Å². The Balaban J connectivity index is 2.05. The second-order valence-electron chi connectivity index (χ2n) is 7.19. The standard InChI is InChI=1S/C19H23N3O3/c1-19(2,3)25-18(24)22-14(11-13-7-4-5-9-16(13)22)12-21-10-6-8-15(20)17(21)23/h4,6-8,10-11H,5,9,12,20H2,1-3H3. The molecule has 1 aliphatic rings. The number of hydrogen-bond acceptors (Lipinski definition) is 4. The Morgan fingerprint density at radius 1 is 1.36 bits per heavy atom. The van der Waals surface area contributed by atoms with Gasteiger partial charge in [0.1, 0.15) is 5.60 Å². The number of ether oxygens (including phenoxy) is 1. The van der Waals surface area contributed by atoms with Crippen LogP contribution in [-0.2, 0) is 17.7 Å². The highest BCUT2D eigenvalue weighted by atomic mass is 16.6. The molecule has 0 bridgehead atoms. The van der Waals surface area contributed by atoms with Crippen molar-refractivity contribution in [2.45, 2.75) is 45.8 Å². The number of rotatable bonds is 2. The molecule has 0 aliphatic heterocycles. The molecule has 0 radical (unpaired) electrons. The van der Waals surface area contributed by atoms with E-state index in [0.29, 0.717) is 5.69 Å². The number of allylic oxidation sites excluding steroid dienone is 1. The van der Waals surface area contributed by atoms with E-state index in [2.05, 4.69) is 6.08 Å². The Bertz CT molecular complexity index is 898. The van der Waals surface area contributed by atoms with E-state index in [1.807, 2.05) is 32.9 Å². The normalized spacial score (nSPS) is 13.6. The van der Waals surface area contributed by atoms with E-state index in [4.69, 9.17) is 10.5 Å². The quantitative estimate of drug-likeness (QED) is 0.910.